The summed E-state index contributed by atoms with van der Waals surface area (Å²) in [6, 6.07) is 4.63. The minimum atomic E-state index is -0.933. The number of fused-ring (bicyclic) bond motifs is 1. The molecule has 1 aromatic heterocycles. The standard InChI is InChI=1S/C24H26N4O6S/c1-13(2)19-20-14(3)17(11-26(4)12-18-25-9-10-35-18)21(27(20)22(19)29)24(31)34-23(30)15-5-7-16(8-6-15)28(32)33/h5-10,13-14,19-20H,11-12H2,1-4H3/t14-,19+,20+/m0/s1. The lowest BCUT2D eigenvalue weighted by atomic mass is 9.74. The summed E-state index contributed by atoms with van der Waals surface area (Å²) in [6.45, 7) is 6.93. The van der Waals surface area contributed by atoms with Crippen molar-refractivity contribution in [1.29, 1.82) is 0 Å². The van der Waals surface area contributed by atoms with Crippen molar-refractivity contribution in [3.05, 3.63) is 67.8 Å². The molecule has 0 unspecified atom stereocenters. The van der Waals surface area contributed by atoms with E-state index in [-0.39, 0.29) is 46.7 Å². The number of rotatable bonds is 8. The molecule has 184 valence electrons. The van der Waals surface area contributed by atoms with E-state index in [1.807, 2.05) is 38.1 Å². The highest BCUT2D eigenvalue weighted by Gasteiger charge is 2.59. The van der Waals surface area contributed by atoms with Crippen molar-refractivity contribution in [2.45, 2.75) is 33.4 Å². The predicted octanol–water partition coefficient (Wildman–Crippen LogP) is 3.25. The van der Waals surface area contributed by atoms with Gasteiger partial charge >= 0.3 is 11.9 Å². The van der Waals surface area contributed by atoms with Crippen LogP contribution < -0.4 is 0 Å². The van der Waals surface area contributed by atoms with E-state index in [2.05, 4.69) is 4.98 Å². The lowest BCUT2D eigenvalue weighted by Gasteiger charge is -2.47. The van der Waals surface area contributed by atoms with Crippen LogP contribution in [0, 0.1) is 27.9 Å². The van der Waals surface area contributed by atoms with Crippen molar-refractivity contribution in [2.24, 2.45) is 17.8 Å². The van der Waals surface area contributed by atoms with E-state index < -0.39 is 16.9 Å². The molecule has 3 heterocycles. The highest BCUT2D eigenvalue weighted by atomic mass is 32.1. The van der Waals surface area contributed by atoms with Crippen molar-refractivity contribution in [3.8, 4) is 0 Å². The van der Waals surface area contributed by atoms with Crippen LogP contribution in [-0.2, 0) is 20.9 Å². The van der Waals surface area contributed by atoms with Crippen LogP contribution in [0.1, 0.15) is 36.1 Å². The van der Waals surface area contributed by atoms with E-state index in [9.17, 15) is 24.5 Å². The number of amides is 1. The monoisotopic (exact) mass is 498 g/mol. The number of non-ortho nitro benzene ring substituents is 1. The summed E-state index contributed by atoms with van der Waals surface area (Å²) in [7, 11) is 1.91. The van der Waals surface area contributed by atoms with Gasteiger partial charge in [0.05, 0.1) is 29.0 Å². The first-order valence-corrected chi connectivity index (χ1v) is 12.1. The van der Waals surface area contributed by atoms with Gasteiger partial charge in [-0.1, -0.05) is 20.8 Å². The summed E-state index contributed by atoms with van der Waals surface area (Å²) in [4.78, 5) is 56.9. The number of thiazole rings is 1. The van der Waals surface area contributed by atoms with Crippen molar-refractivity contribution < 1.29 is 24.0 Å². The number of hydrogen-bond donors (Lipinski definition) is 0. The average Bonchev–Trinajstić information content (AvgIpc) is 3.38. The van der Waals surface area contributed by atoms with Crippen LogP contribution in [0.3, 0.4) is 0 Å². The summed E-state index contributed by atoms with van der Waals surface area (Å²) < 4.78 is 5.16. The quantitative estimate of drug-likeness (QED) is 0.179. The number of likely N-dealkylation sites (N-methyl/N-ethyl adjacent to an activating group) is 1. The Kier molecular flexibility index (Phi) is 6.82. The van der Waals surface area contributed by atoms with Crippen LogP contribution in [0.2, 0.25) is 0 Å². The molecule has 0 radical (unpaired) electrons. The van der Waals surface area contributed by atoms with Gasteiger partial charge in [0.15, 0.2) is 0 Å². The smallest absolute Gasteiger partial charge is 0.362 e. The molecule has 2 aliphatic heterocycles. The zero-order valence-corrected chi connectivity index (χ0v) is 20.7. The van der Waals surface area contributed by atoms with Gasteiger partial charge < -0.3 is 9.64 Å². The van der Waals surface area contributed by atoms with Gasteiger partial charge in [0.25, 0.3) is 5.69 Å². The number of carbonyl (C=O) groups is 3. The second-order valence-electron chi connectivity index (χ2n) is 9.21. The van der Waals surface area contributed by atoms with Gasteiger partial charge in [0.2, 0.25) is 5.91 Å². The Morgan fingerprint density at radius 2 is 1.91 bits per heavy atom. The highest BCUT2D eigenvalue weighted by molar-refractivity contribution is 7.09. The lowest BCUT2D eigenvalue weighted by Crippen LogP contribution is -2.62. The lowest BCUT2D eigenvalue weighted by molar-refractivity contribution is -0.384. The van der Waals surface area contributed by atoms with Crippen LogP contribution >= 0.6 is 11.3 Å². The second-order valence-corrected chi connectivity index (χ2v) is 10.2. The van der Waals surface area contributed by atoms with E-state index in [0.29, 0.717) is 13.1 Å². The number of β-lactam (4-membered cyclic amide) rings is 1. The molecule has 1 amide bonds. The molecule has 2 aromatic rings. The molecular weight excluding hydrogens is 472 g/mol. The number of hydrogen-bond acceptors (Lipinski definition) is 9. The Morgan fingerprint density at radius 3 is 2.49 bits per heavy atom. The SMILES string of the molecule is CC(C)[C@H]1C(=O)N2C(C(=O)OC(=O)c3ccc([N+](=O)[O-])cc3)=C(CN(C)Cc3nccs3)[C@H](C)[C@H]12. The molecule has 0 spiro atoms. The summed E-state index contributed by atoms with van der Waals surface area (Å²) in [5.74, 6) is -2.16. The molecule has 0 bridgehead atoms. The molecule has 1 saturated heterocycles. The molecule has 10 nitrogen and oxygen atoms in total. The van der Waals surface area contributed by atoms with Gasteiger partial charge in [-0.05, 0) is 30.7 Å². The maximum Gasteiger partial charge on any atom is 0.362 e. The zero-order chi connectivity index (χ0) is 25.4. The summed E-state index contributed by atoms with van der Waals surface area (Å²) in [5.41, 5.74) is 0.682. The molecule has 0 aliphatic carbocycles. The van der Waals surface area contributed by atoms with Crippen LogP contribution in [0.25, 0.3) is 0 Å². The van der Waals surface area contributed by atoms with E-state index in [0.717, 1.165) is 10.6 Å². The van der Waals surface area contributed by atoms with E-state index in [1.165, 1.54) is 40.5 Å². The Balaban J connectivity index is 1.59. The number of aromatic nitrogens is 1. The van der Waals surface area contributed by atoms with E-state index in [4.69, 9.17) is 4.74 Å². The number of ether oxygens (including phenoxy) is 1. The molecule has 0 saturated carbocycles. The maximum absolute atomic E-state index is 13.2. The molecule has 2 aliphatic rings. The number of nitro groups is 1. The van der Waals surface area contributed by atoms with E-state index in [1.54, 1.807) is 6.20 Å². The van der Waals surface area contributed by atoms with Gasteiger partial charge in [-0.25, -0.2) is 14.6 Å². The van der Waals surface area contributed by atoms with Gasteiger partial charge in [0.1, 0.15) is 10.7 Å². The molecule has 4 rings (SSSR count). The fraction of sp³-hybridized carbons (Fsp3) is 0.417. The second kappa shape index (κ2) is 9.67. The van der Waals surface area contributed by atoms with Crippen molar-refractivity contribution in [3.63, 3.8) is 0 Å². The Labute approximate surface area is 206 Å². The third-order valence-corrected chi connectivity index (χ3v) is 7.30. The Hall–Kier alpha value is -3.44. The summed E-state index contributed by atoms with van der Waals surface area (Å²) in [6.07, 6.45) is 1.73. The van der Waals surface area contributed by atoms with Crippen LogP contribution in [0.15, 0.2) is 47.1 Å². The highest BCUT2D eigenvalue weighted by Crippen LogP contribution is 2.48. The topological polar surface area (TPSA) is 123 Å². The zero-order valence-electron chi connectivity index (χ0n) is 19.8. The molecule has 35 heavy (non-hydrogen) atoms. The Morgan fingerprint density at radius 1 is 1.23 bits per heavy atom. The first kappa shape index (κ1) is 24.7. The molecule has 0 N–H and O–H groups in total. The van der Waals surface area contributed by atoms with Crippen LogP contribution in [0.4, 0.5) is 5.69 Å². The molecule has 11 heteroatoms. The number of benzene rings is 1. The average molecular weight is 499 g/mol. The van der Waals surface area contributed by atoms with Crippen molar-refractivity contribution in [1.82, 2.24) is 14.8 Å². The van der Waals surface area contributed by atoms with Crippen LogP contribution in [-0.4, -0.2) is 57.2 Å². The van der Waals surface area contributed by atoms with Gasteiger partial charge in [-0.2, -0.15) is 0 Å². The number of nitrogens with zero attached hydrogens (tertiary/aromatic N) is 4. The van der Waals surface area contributed by atoms with Gasteiger partial charge in [-0.3, -0.25) is 19.8 Å². The minimum absolute atomic E-state index is 0.00424. The fourth-order valence-electron chi connectivity index (χ4n) is 4.85. The van der Waals surface area contributed by atoms with Crippen molar-refractivity contribution >= 4 is 34.9 Å². The first-order valence-electron chi connectivity index (χ1n) is 11.2. The molecule has 1 aromatic carbocycles. The maximum atomic E-state index is 13.2. The Bertz CT molecular complexity index is 1190. The molecular formula is C24H26N4O6S. The number of nitro benzene ring substituents is 1. The first-order chi connectivity index (χ1) is 16.6. The largest absolute Gasteiger partial charge is 0.385 e. The summed E-state index contributed by atoms with van der Waals surface area (Å²) in [5, 5.41) is 13.7. The van der Waals surface area contributed by atoms with E-state index >= 15 is 0 Å². The fourth-order valence-corrected chi connectivity index (χ4v) is 5.55. The van der Waals surface area contributed by atoms with Gasteiger partial charge in [-0.15, -0.1) is 11.3 Å². The molecule has 3 atom stereocenters. The third kappa shape index (κ3) is 4.61. The third-order valence-electron chi connectivity index (χ3n) is 6.54. The molecule has 1 fully saturated rings. The van der Waals surface area contributed by atoms with Crippen LogP contribution in [0.5, 0.6) is 0 Å². The van der Waals surface area contributed by atoms with Gasteiger partial charge in [0, 0.05) is 36.2 Å². The predicted molar refractivity (Wildman–Crippen MR) is 127 cm³/mol. The van der Waals surface area contributed by atoms with Crippen molar-refractivity contribution in [2.75, 3.05) is 13.6 Å². The normalized spacial score (nSPS) is 21.4. The number of carbonyl (C=O) groups excluding carboxylic acids is 3. The minimum Gasteiger partial charge on any atom is -0.385 e. The summed E-state index contributed by atoms with van der Waals surface area (Å²) >= 11 is 1.53. The number of esters is 2.